The normalized spacial score (nSPS) is 12.5. The molecule has 0 bridgehead atoms. The molecule has 0 saturated carbocycles. The van der Waals surface area contributed by atoms with Gasteiger partial charge >= 0.3 is 5.97 Å². The van der Waals surface area contributed by atoms with Crippen molar-refractivity contribution < 1.29 is 24.0 Å². The van der Waals surface area contributed by atoms with Gasteiger partial charge in [0, 0.05) is 24.5 Å². The summed E-state index contributed by atoms with van der Waals surface area (Å²) in [5.74, 6) is -2.86. The molecular weight excluding hydrogens is 546 g/mol. The highest BCUT2D eigenvalue weighted by atomic mass is 16.6. The van der Waals surface area contributed by atoms with Crippen molar-refractivity contribution in [3.05, 3.63) is 148 Å². The Balaban J connectivity index is 1.77. The van der Waals surface area contributed by atoms with Crippen molar-refractivity contribution in [2.75, 3.05) is 6.61 Å². The van der Waals surface area contributed by atoms with Crippen LogP contribution < -0.4 is 11.1 Å². The molecule has 3 N–H and O–H groups in total. The molecule has 0 saturated heterocycles. The quantitative estimate of drug-likeness (QED) is 0.0985. The first-order chi connectivity index (χ1) is 20.8. The van der Waals surface area contributed by atoms with Gasteiger partial charge in [-0.1, -0.05) is 103 Å². The monoisotopic (exact) mass is 579 g/mol. The Labute approximate surface area is 249 Å². The summed E-state index contributed by atoms with van der Waals surface area (Å²) in [6, 6.07) is 33.0. The Morgan fingerprint density at radius 3 is 1.67 bits per heavy atom. The largest absolute Gasteiger partial charge is 0.466 e. The van der Waals surface area contributed by atoms with E-state index >= 15 is 0 Å². The lowest BCUT2D eigenvalue weighted by Crippen LogP contribution is -2.50. The fourth-order valence-electron chi connectivity index (χ4n) is 5.48. The summed E-state index contributed by atoms with van der Waals surface area (Å²) in [4.78, 5) is 50.2. The van der Waals surface area contributed by atoms with E-state index in [1.165, 1.54) is 24.3 Å². The molecule has 0 aliphatic heterocycles. The highest BCUT2D eigenvalue weighted by Gasteiger charge is 2.40. The van der Waals surface area contributed by atoms with Crippen LogP contribution in [0.5, 0.6) is 0 Å². The molecule has 43 heavy (non-hydrogen) atoms. The Morgan fingerprint density at radius 2 is 1.28 bits per heavy atom. The summed E-state index contributed by atoms with van der Waals surface area (Å²) in [6.07, 6.45) is -0.359. The van der Waals surface area contributed by atoms with Crippen molar-refractivity contribution >= 4 is 23.5 Å². The summed E-state index contributed by atoms with van der Waals surface area (Å²) in [7, 11) is 0. The molecule has 0 heterocycles. The third-order valence-corrected chi connectivity index (χ3v) is 7.47. The van der Waals surface area contributed by atoms with E-state index < -0.39 is 40.1 Å². The van der Waals surface area contributed by atoms with E-state index in [0.29, 0.717) is 5.56 Å². The topological polar surface area (TPSA) is 142 Å². The molecule has 9 nitrogen and oxygen atoms in total. The van der Waals surface area contributed by atoms with Gasteiger partial charge in [-0.2, -0.15) is 0 Å². The number of esters is 1. The zero-order valence-electron chi connectivity index (χ0n) is 23.7. The van der Waals surface area contributed by atoms with Crippen molar-refractivity contribution in [1.29, 1.82) is 0 Å². The van der Waals surface area contributed by atoms with Gasteiger partial charge in [0.1, 0.15) is 6.04 Å². The van der Waals surface area contributed by atoms with Crippen LogP contribution in [0.15, 0.2) is 115 Å². The molecule has 0 spiro atoms. The molecule has 4 rings (SSSR count). The SMILES string of the molecule is CCOC(=O)C[C@@H](c1ccc([N+](=O)[O-])cc1)[C@H](NC(=O)CC(c1ccccc1)(c1ccccc1)c1ccccc1)C(N)=O. The van der Waals surface area contributed by atoms with Crippen molar-refractivity contribution in [2.24, 2.45) is 5.73 Å². The standard InChI is InChI=1S/C34H33N3O6/c1-2-43-31(39)22-29(24-18-20-28(21-19-24)37(41)42)32(33(35)40)36-30(38)23-34(25-12-6-3-7-13-25,26-14-8-4-9-15-26)27-16-10-5-11-17-27/h3-21,29,32H,2,22-23H2,1H3,(H2,35,40)(H,36,38)/t29-,32-/m0/s1. The average molecular weight is 580 g/mol. The number of carbonyl (C=O) groups is 3. The molecule has 4 aromatic carbocycles. The Morgan fingerprint density at radius 1 is 0.814 bits per heavy atom. The van der Waals surface area contributed by atoms with Gasteiger partial charge in [0.05, 0.1) is 23.4 Å². The molecule has 220 valence electrons. The maximum Gasteiger partial charge on any atom is 0.306 e. The number of nitrogens with zero attached hydrogens (tertiary/aromatic N) is 1. The molecular formula is C34H33N3O6. The van der Waals surface area contributed by atoms with Gasteiger partial charge in [-0.25, -0.2) is 0 Å². The number of ether oxygens (including phenoxy) is 1. The molecule has 0 aliphatic carbocycles. The number of benzene rings is 4. The number of hydrogen-bond donors (Lipinski definition) is 2. The molecule has 0 unspecified atom stereocenters. The average Bonchev–Trinajstić information content (AvgIpc) is 3.03. The van der Waals surface area contributed by atoms with Crippen LogP contribution in [-0.2, 0) is 24.5 Å². The van der Waals surface area contributed by atoms with E-state index in [-0.39, 0.29) is 25.1 Å². The van der Waals surface area contributed by atoms with Gasteiger partial charge in [-0.3, -0.25) is 24.5 Å². The van der Waals surface area contributed by atoms with Crippen LogP contribution in [0, 0.1) is 10.1 Å². The van der Waals surface area contributed by atoms with E-state index in [1.54, 1.807) is 6.92 Å². The zero-order chi connectivity index (χ0) is 30.8. The summed E-state index contributed by atoms with van der Waals surface area (Å²) in [5.41, 5.74) is 7.78. The number of nitro benzene ring substituents is 1. The minimum absolute atomic E-state index is 0.0821. The second-order valence-corrected chi connectivity index (χ2v) is 10.1. The van der Waals surface area contributed by atoms with E-state index in [1.807, 2.05) is 91.0 Å². The predicted octanol–water partition coefficient (Wildman–Crippen LogP) is 5.03. The number of carbonyl (C=O) groups excluding carboxylic acids is 3. The van der Waals surface area contributed by atoms with Gasteiger partial charge in [0.25, 0.3) is 5.69 Å². The van der Waals surface area contributed by atoms with E-state index in [2.05, 4.69) is 5.32 Å². The van der Waals surface area contributed by atoms with Crippen molar-refractivity contribution in [3.63, 3.8) is 0 Å². The predicted molar refractivity (Wildman–Crippen MR) is 162 cm³/mol. The van der Waals surface area contributed by atoms with E-state index in [9.17, 15) is 24.5 Å². The Kier molecular flexibility index (Phi) is 10.0. The second-order valence-electron chi connectivity index (χ2n) is 10.1. The lowest BCUT2D eigenvalue weighted by Gasteiger charge is -2.36. The molecule has 4 aromatic rings. The van der Waals surface area contributed by atoms with Crippen molar-refractivity contribution in [3.8, 4) is 0 Å². The van der Waals surface area contributed by atoms with Gasteiger partial charge in [-0.15, -0.1) is 0 Å². The van der Waals surface area contributed by atoms with Crippen LogP contribution in [-0.4, -0.2) is 35.4 Å². The molecule has 9 heteroatoms. The van der Waals surface area contributed by atoms with E-state index in [4.69, 9.17) is 10.5 Å². The lowest BCUT2D eigenvalue weighted by molar-refractivity contribution is -0.384. The number of nitrogens with two attached hydrogens (primary N) is 1. The number of amides is 2. The first-order valence-electron chi connectivity index (χ1n) is 13.9. The van der Waals surface area contributed by atoms with Crippen LogP contribution in [0.3, 0.4) is 0 Å². The summed E-state index contributed by atoms with van der Waals surface area (Å²) < 4.78 is 5.13. The molecule has 0 aliphatic rings. The van der Waals surface area contributed by atoms with Crippen LogP contribution in [0.2, 0.25) is 0 Å². The van der Waals surface area contributed by atoms with Crippen LogP contribution >= 0.6 is 0 Å². The Hall–Kier alpha value is -5.31. The number of nitrogens with one attached hydrogen (secondary N) is 1. The van der Waals surface area contributed by atoms with Gasteiger partial charge in [-0.05, 0) is 29.2 Å². The van der Waals surface area contributed by atoms with Crippen LogP contribution in [0.4, 0.5) is 5.69 Å². The fraction of sp³-hybridized carbons (Fsp3) is 0.206. The number of nitro groups is 1. The van der Waals surface area contributed by atoms with Crippen molar-refractivity contribution in [1.82, 2.24) is 5.32 Å². The summed E-state index contributed by atoms with van der Waals surface area (Å²) in [5, 5.41) is 14.0. The highest BCUT2D eigenvalue weighted by molar-refractivity contribution is 5.89. The minimum Gasteiger partial charge on any atom is -0.466 e. The molecule has 0 radical (unpaired) electrons. The number of non-ortho nitro benzene ring substituents is 1. The van der Waals surface area contributed by atoms with Gasteiger partial charge in [0.15, 0.2) is 0 Å². The molecule has 2 amide bonds. The van der Waals surface area contributed by atoms with Gasteiger partial charge in [0.2, 0.25) is 11.8 Å². The third-order valence-electron chi connectivity index (χ3n) is 7.47. The lowest BCUT2D eigenvalue weighted by atomic mass is 9.67. The summed E-state index contributed by atoms with van der Waals surface area (Å²) >= 11 is 0. The second kappa shape index (κ2) is 14.0. The number of rotatable bonds is 13. The number of hydrogen-bond acceptors (Lipinski definition) is 6. The first-order valence-corrected chi connectivity index (χ1v) is 13.9. The van der Waals surface area contributed by atoms with Crippen molar-refractivity contribution in [2.45, 2.75) is 37.1 Å². The maximum absolute atomic E-state index is 14.1. The minimum atomic E-state index is -1.31. The smallest absolute Gasteiger partial charge is 0.306 e. The highest BCUT2D eigenvalue weighted by Crippen LogP contribution is 2.42. The molecule has 2 atom stereocenters. The number of primary amides is 1. The summed E-state index contributed by atoms with van der Waals surface area (Å²) in [6.45, 7) is 1.77. The van der Waals surface area contributed by atoms with Crippen LogP contribution in [0.25, 0.3) is 0 Å². The third kappa shape index (κ3) is 7.13. The first kappa shape index (κ1) is 30.6. The molecule has 0 aromatic heterocycles. The molecule has 0 fully saturated rings. The fourth-order valence-corrected chi connectivity index (χ4v) is 5.48. The Bertz CT molecular complexity index is 1450. The van der Waals surface area contributed by atoms with Crippen LogP contribution in [0.1, 0.15) is 47.9 Å². The van der Waals surface area contributed by atoms with E-state index in [0.717, 1.165) is 16.7 Å². The maximum atomic E-state index is 14.1. The zero-order valence-corrected chi connectivity index (χ0v) is 23.7. The van der Waals surface area contributed by atoms with Gasteiger partial charge < -0.3 is 15.8 Å².